The van der Waals surface area contributed by atoms with Crippen molar-refractivity contribution in [2.75, 3.05) is 19.5 Å². The monoisotopic (exact) mass is 620 g/mol. The Kier molecular flexibility index (Phi) is 7.94. The zero-order valence-corrected chi connectivity index (χ0v) is 24.8. The summed E-state index contributed by atoms with van der Waals surface area (Å²) in [4.78, 5) is 26.3. The molecule has 2 aromatic heterocycles. The summed E-state index contributed by atoms with van der Waals surface area (Å²) in [5.74, 6) is -0.410. The van der Waals surface area contributed by atoms with Gasteiger partial charge in [0.15, 0.2) is 17.4 Å². The summed E-state index contributed by atoms with van der Waals surface area (Å²) in [6.07, 6.45) is 1.45. The van der Waals surface area contributed by atoms with Crippen LogP contribution in [0.1, 0.15) is 44.4 Å². The third-order valence-electron chi connectivity index (χ3n) is 7.81. The van der Waals surface area contributed by atoms with Gasteiger partial charge in [-0.15, -0.1) is 0 Å². The number of hydrogen-bond donors (Lipinski definition) is 4. The van der Waals surface area contributed by atoms with Crippen molar-refractivity contribution in [3.63, 3.8) is 0 Å². The summed E-state index contributed by atoms with van der Waals surface area (Å²) in [6.45, 7) is -2.73. The minimum atomic E-state index is -3.78. The van der Waals surface area contributed by atoms with Gasteiger partial charge in [0, 0.05) is 11.3 Å². The van der Waals surface area contributed by atoms with E-state index in [0.717, 1.165) is 42.6 Å². The maximum Gasteiger partial charge on any atom is 0.332 e. The van der Waals surface area contributed by atoms with Crippen LogP contribution in [0.4, 0.5) is 5.95 Å². The lowest BCUT2D eigenvalue weighted by Gasteiger charge is -2.27. The van der Waals surface area contributed by atoms with Gasteiger partial charge in [-0.2, -0.15) is 9.97 Å². The van der Waals surface area contributed by atoms with E-state index in [9.17, 15) is 19.6 Å². The fourth-order valence-electron chi connectivity index (χ4n) is 5.60. The number of benzene rings is 1. The molecular weight excluding hydrogens is 587 g/mol. The van der Waals surface area contributed by atoms with Crippen LogP contribution in [0.5, 0.6) is 5.88 Å². The van der Waals surface area contributed by atoms with Gasteiger partial charge >= 0.3 is 12.7 Å². The van der Waals surface area contributed by atoms with Crippen molar-refractivity contribution >= 4 is 41.2 Å². The van der Waals surface area contributed by atoms with E-state index in [1.807, 2.05) is 24.3 Å². The first kappa shape index (κ1) is 29.3. The number of fused-ring (bicyclic) bond motifs is 2. The third kappa shape index (κ3) is 5.50. The molecule has 2 fully saturated rings. The fraction of sp³-hybridized carbons (Fsp3) is 0.538. The quantitative estimate of drug-likeness (QED) is 0.222. The first-order chi connectivity index (χ1) is 20.1. The molecule has 2 aliphatic heterocycles. The standard InChI is InChI=1S/C26H33N6O8PS/c1-26(35)20(33)17(40-24(26)32-13-28-19-21(32)29-25(27)30-22(19)37-2)12-38-41(36)31-16(23(34)39-15-8-4-5-9-15)11-14-7-3-6-10-18(14)42-41/h3,6-7,10,13,15-17,20,24,33,35H,4-5,8-9,11-12H2,1-2H3,(H,31,36)(H2,27,29,30)/t16-,17-,20-,24-,26-,41+/m1/s1. The molecule has 1 saturated carbocycles. The van der Waals surface area contributed by atoms with Crippen LogP contribution in [0.3, 0.4) is 0 Å². The Morgan fingerprint density at radius 1 is 1.31 bits per heavy atom. The third-order valence-corrected chi connectivity index (χ3v) is 11.7. The lowest BCUT2D eigenvalue weighted by molar-refractivity contribution is -0.150. The first-order valence-electron chi connectivity index (χ1n) is 13.7. The van der Waals surface area contributed by atoms with Crippen molar-refractivity contribution in [3.8, 4) is 5.88 Å². The van der Waals surface area contributed by atoms with Gasteiger partial charge in [-0.1, -0.05) is 18.2 Å². The molecule has 6 rings (SSSR count). The van der Waals surface area contributed by atoms with Gasteiger partial charge in [0.05, 0.1) is 20.0 Å². The number of hydrogen-bond acceptors (Lipinski definition) is 13. The Balaban J connectivity index is 1.22. The van der Waals surface area contributed by atoms with Gasteiger partial charge < -0.3 is 34.7 Å². The van der Waals surface area contributed by atoms with Crippen LogP contribution in [0.2, 0.25) is 0 Å². The molecule has 0 spiro atoms. The molecule has 0 radical (unpaired) electrons. The fourth-order valence-corrected chi connectivity index (χ4v) is 9.56. The molecule has 0 amide bonds. The topological polar surface area (TPSA) is 193 Å². The molecule has 1 aliphatic carbocycles. The summed E-state index contributed by atoms with van der Waals surface area (Å²) >= 11 is 0.989. The molecule has 6 atom stereocenters. The van der Waals surface area contributed by atoms with Gasteiger partial charge in [-0.25, -0.2) is 10.1 Å². The molecule has 1 aromatic carbocycles. The van der Waals surface area contributed by atoms with Gasteiger partial charge in [-0.3, -0.25) is 13.9 Å². The second-order valence-electron chi connectivity index (χ2n) is 10.8. The van der Waals surface area contributed by atoms with Gasteiger partial charge in [-0.05, 0) is 55.6 Å². The molecule has 14 nitrogen and oxygen atoms in total. The molecular formula is C26H33N6O8PS. The number of imidazole rings is 1. The van der Waals surface area contributed by atoms with E-state index in [4.69, 9.17) is 24.5 Å². The number of nitrogen functional groups attached to an aromatic ring is 1. The Morgan fingerprint density at radius 3 is 2.83 bits per heavy atom. The number of aliphatic hydroxyl groups excluding tert-OH is 1. The summed E-state index contributed by atoms with van der Waals surface area (Å²) < 4.78 is 38.5. The smallest absolute Gasteiger partial charge is 0.332 e. The van der Waals surface area contributed by atoms with Crippen molar-refractivity contribution in [1.82, 2.24) is 24.6 Å². The highest BCUT2D eigenvalue weighted by atomic mass is 32.7. The van der Waals surface area contributed by atoms with Crippen LogP contribution in [-0.2, 0) is 29.8 Å². The van der Waals surface area contributed by atoms with Crippen LogP contribution < -0.4 is 15.6 Å². The Hall–Kier alpha value is -2.78. The van der Waals surface area contributed by atoms with E-state index in [2.05, 4.69) is 20.0 Å². The molecule has 1 saturated heterocycles. The highest BCUT2D eigenvalue weighted by molar-refractivity contribution is 8.56. The van der Waals surface area contributed by atoms with Crippen LogP contribution in [0, 0.1) is 0 Å². The Bertz CT molecular complexity index is 1530. The van der Waals surface area contributed by atoms with E-state index >= 15 is 0 Å². The number of rotatable bonds is 7. The number of ether oxygens (including phenoxy) is 3. The van der Waals surface area contributed by atoms with Crippen LogP contribution in [-0.4, -0.2) is 79.4 Å². The van der Waals surface area contributed by atoms with Crippen LogP contribution in [0.25, 0.3) is 11.2 Å². The molecule has 4 heterocycles. The van der Waals surface area contributed by atoms with E-state index in [1.165, 1.54) is 24.9 Å². The minimum absolute atomic E-state index is 0.0741. The average Bonchev–Trinajstić information content (AvgIpc) is 3.64. The number of carbonyl (C=O) groups is 1. The predicted octanol–water partition coefficient (Wildman–Crippen LogP) is 2.34. The van der Waals surface area contributed by atoms with Crippen molar-refractivity contribution in [2.24, 2.45) is 0 Å². The molecule has 42 heavy (non-hydrogen) atoms. The molecule has 3 aliphatic rings. The number of nitrogens with zero attached hydrogens (tertiary/aromatic N) is 4. The number of carbonyl (C=O) groups excluding carboxylic acids is 1. The number of methoxy groups -OCH3 is 1. The second-order valence-corrected chi connectivity index (χ2v) is 15.0. The summed E-state index contributed by atoms with van der Waals surface area (Å²) in [5.41, 5.74) is 5.36. The van der Waals surface area contributed by atoms with Crippen LogP contribution >= 0.6 is 18.1 Å². The van der Waals surface area contributed by atoms with E-state index in [-0.39, 0.29) is 42.1 Å². The summed E-state index contributed by atoms with van der Waals surface area (Å²) in [6, 6.07) is 6.47. The number of aliphatic hydroxyl groups is 2. The zero-order chi connectivity index (χ0) is 29.6. The van der Waals surface area contributed by atoms with E-state index in [0.29, 0.717) is 4.90 Å². The zero-order valence-electron chi connectivity index (χ0n) is 23.1. The first-order valence-corrected chi connectivity index (χ1v) is 16.7. The molecule has 226 valence electrons. The number of anilines is 1. The maximum absolute atomic E-state index is 14.1. The van der Waals surface area contributed by atoms with Gasteiger partial charge in [0.25, 0.3) is 0 Å². The normalized spacial score (nSPS) is 31.6. The number of esters is 1. The van der Waals surface area contributed by atoms with Crippen molar-refractivity contribution in [1.29, 1.82) is 0 Å². The molecule has 16 heteroatoms. The highest BCUT2D eigenvalue weighted by Gasteiger charge is 2.54. The van der Waals surface area contributed by atoms with Crippen molar-refractivity contribution < 1.29 is 38.3 Å². The summed E-state index contributed by atoms with van der Waals surface area (Å²) in [7, 11) is 1.42. The number of aromatic nitrogens is 4. The molecule has 5 N–H and O–H groups in total. The molecule has 0 bridgehead atoms. The number of nitrogens with two attached hydrogens (primary N) is 1. The highest BCUT2D eigenvalue weighted by Crippen LogP contribution is 2.62. The van der Waals surface area contributed by atoms with Crippen LogP contribution in [0.15, 0.2) is 35.5 Å². The van der Waals surface area contributed by atoms with Gasteiger partial charge in [0.1, 0.15) is 30.0 Å². The Morgan fingerprint density at radius 2 is 2.07 bits per heavy atom. The van der Waals surface area contributed by atoms with Crippen molar-refractivity contribution in [3.05, 3.63) is 36.2 Å². The lowest BCUT2D eigenvalue weighted by atomic mass is 9.96. The molecule has 3 aromatic rings. The van der Waals surface area contributed by atoms with E-state index < -0.39 is 42.8 Å². The van der Waals surface area contributed by atoms with E-state index in [1.54, 1.807) is 0 Å². The number of nitrogens with one attached hydrogen (secondary N) is 1. The lowest BCUT2D eigenvalue weighted by Crippen LogP contribution is -2.44. The second kappa shape index (κ2) is 11.4. The minimum Gasteiger partial charge on any atom is -0.479 e. The molecule has 0 unspecified atom stereocenters. The average molecular weight is 621 g/mol. The SMILES string of the molecule is COc1nc(N)nc2c1ncn2[C@@H]1O[C@H](CO[P@@]2(=O)N[C@@H](C(=O)OC3CCCC3)Cc3ccccc3S2)[C@@H](O)[C@@]1(C)O. The Labute approximate surface area is 245 Å². The summed E-state index contributed by atoms with van der Waals surface area (Å²) in [5, 5.41) is 25.3. The largest absolute Gasteiger partial charge is 0.479 e. The van der Waals surface area contributed by atoms with Crippen molar-refractivity contribution in [2.45, 2.75) is 80.1 Å². The maximum atomic E-state index is 14.1. The van der Waals surface area contributed by atoms with Gasteiger partial charge in [0.2, 0.25) is 11.8 Å². The predicted molar refractivity (Wildman–Crippen MR) is 152 cm³/mol.